The number of aromatic nitrogens is 1. The molecule has 2 unspecified atom stereocenters. The Hall–Kier alpha value is -1.82. The van der Waals surface area contributed by atoms with E-state index >= 15 is 0 Å². The van der Waals surface area contributed by atoms with Gasteiger partial charge in [-0.25, -0.2) is 4.68 Å². The van der Waals surface area contributed by atoms with E-state index in [1.165, 1.54) is 29.4 Å². The molecular formula is C13H18N4O2. The summed E-state index contributed by atoms with van der Waals surface area (Å²) in [5, 5.41) is 0. The van der Waals surface area contributed by atoms with Crippen LogP contribution in [0.15, 0.2) is 23.1 Å². The van der Waals surface area contributed by atoms with Crippen molar-refractivity contribution in [1.29, 1.82) is 0 Å². The number of carbonyl (C=O) groups excluding carboxylic acids is 1. The lowest BCUT2D eigenvalue weighted by Gasteiger charge is -2.53. The summed E-state index contributed by atoms with van der Waals surface area (Å²) in [7, 11) is 2.12. The number of pyridine rings is 1. The first-order valence-electron chi connectivity index (χ1n) is 6.52. The predicted molar refractivity (Wildman–Crippen MR) is 71.5 cm³/mol. The standard InChI is InChI=1S/C13H18N4O2/c1-16-5-9-4-10(6-16)12(9)15-17-7-8(13(14)19)2-3-11(17)18/h2-3,7,9-10,12,15H,4-6H2,1H3,(H2,14,19). The fourth-order valence-electron chi connectivity index (χ4n) is 3.23. The van der Waals surface area contributed by atoms with Gasteiger partial charge in [-0.2, -0.15) is 0 Å². The van der Waals surface area contributed by atoms with Gasteiger partial charge in [0, 0.05) is 25.4 Å². The molecule has 3 heterocycles. The number of carbonyl (C=O) groups is 1. The quantitative estimate of drug-likeness (QED) is 0.765. The number of amides is 1. The largest absolute Gasteiger partial charge is 0.366 e. The Kier molecular flexibility index (Phi) is 2.82. The van der Waals surface area contributed by atoms with Crippen LogP contribution in [0.25, 0.3) is 0 Å². The number of nitrogens with two attached hydrogens (primary N) is 1. The number of hydrogen-bond donors (Lipinski definition) is 2. The average Bonchev–Trinajstić information content (AvgIpc) is 2.37. The van der Waals surface area contributed by atoms with Gasteiger partial charge in [-0.1, -0.05) is 0 Å². The number of rotatable bonds is 3. The van der Waals surface area contributed by atoms with Crippen LogP contribution in [0.3, 0.4) is 0 Å². The van der Waals surface area contributed by atoms with Crippen molar-refractivity contribution in [2.75, 3.05) is 25.6 Å². The van der Waals surface area contributed by atoms with Crippen LogP contribution in [0.5, 0.6) is 0 Å². The highest BCUT2D eigenvalue weighted by Crippen LogP contribution is 2.39. The summed E-state index contributed by atoms with van der Waals surface area (Å²) < 4.78 is 1.40. The molecule has 1 amide bonds. The molecule has 6 heteroatoms. The topological polar surface area (TPSA) is 80.4 Å². The molecule has 19 heavy (non-hydrogen) atoms. The number of nitrogens with one attached hydrogen (secondary N) is 1. The molecule has 2 aliphatic heterocycles. The minimum Gasteiger partial charge on any atom is -0.366 e. The normalized spacial score (nSPS) is 29.6. The Morgan fingerprint density at radius 1 is 1.37 bits per heavy atom. The number of hydrogen-bond acceptors (Lipinski definition) is 4. The molecule has 1 saturated carbocycles. The zero-order valence-electron chi connectivity index (χ0n) is 10.9. The van der Waals surface area contributed by atoms with Crippen molar-refractivity contribution in [3.63, 3.8) is 0 Å². The molecule has 6 nitrogen and oxygen atoms in total. The SMILES string of the molecule is CN1CC2CC(C1)C2Nn1cc(C(N)=O)ccc1=O. The van der Waals surface area contributed by atoms with Gasteiger partial charge in [0.2, 0.25) is 5.91 Å². The maximum absolute atomic E-state index is 11.8. The summed E-state index contributed by atoms with van der Waals surface area (Å²) in [4.78, 5) is 25.3. The van der Waals surface area contributed by atoms with Gasteiger partial charge in [-0.3, -0.25) is 9.59 Å². The lowest BCUT2D eigenvalue weighted by atomic mass is 9.66. The molecule has 3 N–H and O–H groups in total. The highest BCUT2D eigenvalue weighted by Gasteiger charge is 2.45. The molecule has 0 aromatic carbocycles. The summed E-state index contributed by atoms with van der Waals surface area (Å²) in [5.41, 5.74) is 8.64. The summed E-state index contributed by atoms with van der Waals surface area (Å²) in [6, 6.07) is 3.14. The lowest BCUT2D eigenvalue weighted by Crippen LogP contribution is -2.62. The Morgan fingerprint density at radius 3 is 2.68 bits per heavy atom. The van der Waals surface area contributed by atoms with E-state index in [0.717, 1.165) is 13.1 Å². The van der Waals surface area contributed by atoms with E-state index < -0.39 is 5.91 Å². The molecule has 102 valence electrons. The van der Waals surface area contributed by atoms with Crippen LogP contribution < -0.4 is 16.7 Å². The first kappa shape index (κ1) is 12.2. The van der Waals surface area contributed by atoms with Crippen LogP contribution in [-0.2, 0) is 0 Å². The van der Waals surface area contributed by atoms with E-state index in [2.05, 4.69) is 17.4 Å². The first-order valence-corrected chi connectivity index (χ1v) is 6.52. The second-order valence-corrected chi connectivity index (χ2v) is 5.62. The van der Waals surface area contributed by atoms with Crippen molar-refractivity contribution < 1.29 is 4.79 Å². The summed E-state index contributed by atoms with van der Waals surface area (Å²) in [5.74, 6) is 0.629. The van der Waals surface area contributed by atoms with Gasteiger partial charge in [0.05, 0.1) is 11.6 Å². The van der Waals surface area contributed by atoms with Gasteiger partial charge in [0.15, 0.2) is 0 Å². The molecule has 4 rings (SSSR count). The van der Waals surface area contributed by atoms with Crippen LogP contribution in [-0.4, -0.2) is 41.7 Å². The molecule has 0 spiro atoms. The molecular weight excluding hydrogens is 244 g/mol. The number of primary amides is 1. The van der Waals surface area contributed by atoms with E-state index in [4.69, 9.17) is 5.73 Å². The van der Waals surface area contributed by atoms with Crippen molar-refractivity contribution in [3.8, 4) is 0 Å². The maximum Gasteiger partial charge on any atom is 0.268 e. The third-order valence-electron chi connectivity index (χ3n) is 4.20. The highest BCUT2D eigenvalue weighted by molar-refractivity contribution is 5.92. The lowest BCUT2D eigenvalue weighted by molar-refractivity contribution is 0.0210. The van der Waals surface area contributed by atoms with E-state index in [1.54, 1.807) is 0 Å². The molecule has 2 bridgehead atoms. The van der Waals surface area contributed by atoms with Crippen LogP contribution >= 0.6 is 0 Å². The summed E-state index contributed by atoms with van der Waals surface area (Å²) >= 11 is 0. The molecule has 2 atom stereocenters. The number of fused-ring (bicyclic) bond motifs is 2. The first-order chi connectivity index (χ1) is 9.04. The van der Waals surface area contributed by atoms with Crippen molar-refractivity contribution in [2.45, 2.75) is 12.5 Å². The average molecular weight is 262 g/mol. The molecule has 2 saturated heterocycles. The summed E-state index contributed by atoms with van der Waals surface area (Å²) in [6.07, 6.45) is 2.70. The summed E-state index contributed by atoms with van der Waals surface area (Å²) in [6.45, 7) is 2.11. The molecule has 0 radical (unpaired) electrons. The third kappa shape index (κ3) is 2.12. The fraction of sp³-hybridized carbons (Fsp3) is 0.538. The minimum absolute atomic E-state index is 0.164. The van der Waals surface area contributed by atoms with Gasteiger partial charge in [-0.15, -0.1) is 0 Å². The molecule has 1 aliphatic carbocycles. The van der Waals surface area contributed by atoms with Gasteiger partial charge in [0.1, 0.15) is 0 Å². The monoisotopic (exact) mass is 262 g/mol. The highest BCUT2D eigenvalue weighted by atomic mass is 16.1. The third-order valence-corrected chi connectivity index (χ3v) is 4.20. The number of piperidine rings is 2. The maximum atomic E-state index is 11.8. The smallest absolute Gasteiger partial charge is 0.268 e. The van der Waals surface area contributed by atoms with Crippen LogP contribution in [0.2, 0.25) is 0 Å². The molecule has 1 aromatic rings. The zero-order chi connectivity index (χ0) is 13.6. The fourth-order valence-corrected chi connectivity index (χ4v) is 3.23. The second-order valence-electron chi connectivity index (χ2n) is 5.62. The van der Waals surface area contributed by atoms with Crippen LogP contribution in [0.4, 0.5) is 0 Å². The molecule has 3 fully saturated rings. The van der Waals surface area contributed by atoms with Crippen molar-refractivity contribution in [2.24, 2.45) is 17.6 Å². The predicted octanol–water partition coefficient (Wildman–Crippen LogP) is -0.559. The van der Waals surface area contributed by atoms with Gasteiger partial charge in [-0.05, 0) is 31.4 Å². The Balaban J connectivity index is 1.79. The van der Waals surface area contributed by atoms with Crippen molar-refractivity contribution in [3.05, 3.63) is 34.2 Å². The van der Waals surface area contributed by atoms with Crippen LogP contribution in [0.1, 0.15) is 16.8 Å². The van der Waals surface area contributed by atoms with E-state index in [9.17, 15) is 9.59 Å². The van der Waals surface area contributed by atoms with E-state index in [-0.39, 0.29) is 5.56 Å². The van der Waals surface area contributed by atoms with Crippen molar-refractivity contribution >= 4 is 5.91 Å². The van der Waals surface area contributed by atoms with Crippen molar-refractivity contribution in [1.82, 2.24) is 9.58 Å². The van der Waals surface area contributed by atoms with Gasteiger partial charge < -0.3 is 16.1 Å². The Morgan fingerprint density at radius 2 is 2.05 bits per heavy atom. The minimum atomic E-state index is -0.524. The Labute approximate surface area is 111 Å². The Bertz CT molecular complexity index is 556. The zero-order valence-corrected chi connectivity index (χ0v) is 10.9. The van der Waals surface area contributed by atoms with E-state index in [1.807, 2.05) is 0 Å². The second kappa shape index (κ2) is 4.38. The van der Waals surface area contributed by atoms with Gasteiger partial charge in [0.25, 0.3) is 5.56 Å². The number of nitrogens with zero attached hydrogens (tertiary/aromatic N) is 2. The van der Waals surface area contributed by atoms with E-state index in [0.29, 0.717) is 23.4 Å². The van der Waals surface area contributed by atoms with Crippen LogP contribution in [0, 0.1) is 11.8 Å². The molecule has 1 aromatic heterocycles. The van der Waals surface area contributed by atoms with Gasteiger partial charge >= 0.3 is 0 Å². The molecule has 3 aliphatic rings.